The van der Waals surface area contributed by atoms with Gasteiger partial charge in [0.2, 0.25) is 10.0 Å². The zero-order chi connectivity index (χ0) is 17.5. The van der Waals surface area contributed by atoms with Crippen LogP contribution in [-0.4, -0.2) is 34.3 Å². The molecule has 0 unspecified atom stereocenters. The Morgan fingerprint density at radius 2 is 2.08 bits per heavy atom. The fraction of sp³-hybridized carbons (Fsp3) is 0.467. The molecule has 1 aliphatic carbocycles. The standard InChI is InChI=1S/C15H19FN4O3S/c1-9-3-4-11(16)7-13(9)24(22,23)19-12-5-10(6-12)15-18-17-14(8-21)20(15)2/h3-4,7,10,12,19,21H,5-6,8H2,1-2H3. The van der Waals surface area contributed by atoms with Gasteiger partial charge in [0.1, 0.15) is 18.2 Å². The van der Waals surface area contributed by atoms with Gasteiger partial charge in [0, 0.05) is 19.0 Å². The first-order valence-electron chi connectivity index (χ1n) is 7.59. The average Bonchev–Trinajstić information content (AvgIpc) is 2.85. The number of halogens is 1. The highest BCUT2D eigenvalue weighted by molar-refractivity contribution is 7.89. The molecule has 2 N–H and O–H groups in total. The first-order valence-corrected chi connectivity index (χ1v) is 9.07. The van der Waals surface area contributed by atoms with Gasteiger partial charge in [0.25, 0.3) is 0 Å². The number of hydrogen-bond donors (Lipinski definition) is 2. The van der Waals surface area contributed by atoms with E-state index in [2.05, 4.69) is 14.9 Å². The van der Waals surface area contributed by atoms with Crippen molar-refractivity contribution < 1.29 is 17.9 Å². The predicted octanol–water partition coefficient (Wildman–Crippen LogP) is 0.979. The SMILES string of the molecule is Cc1ccc(F)cc1S(=O)(=O)NC1CC(c2nnc(CO)n2C)C1. The fourth-order valence-corrected chi connectivity index (χ4v) is 4.46. The maximum absolute atomic E-state index is 13.3. The molecule has 3 rings (SSSR count). The number of hydrogen-bond acceptors (Lipinski definition) is 5. The van der Waals surface area contributed by atoms with Gasteiger partial charge >= 0.3 is 0 Å². The molecule has 0 bridgehead atoms. The van der Waals surface area contributed by atoms with E-state index < -0.39 is 15.8 Å². The van der Waals surface area contributed by atoms with E-state index in [4.69, 9.17) is 5.11 Å². The lowest BCUT2D eigenvalue weighted by Crippen LogP contribution is -2.44. The van der Waals surface area contributed by atoms with Crippen molar-refractivity contribution in [3.05, 3.63) is 41.2 Å². The highest BCUT2D eigenvalue weighted by Crippen LogP contribution is 2.36. The van der Waals surface area contributed by atoms with Crippen LogP contribution in [0.1, 0.15) is 36.0 Å². The van der Waals surface area contributed by atoms with Gasteiger partial charge in [-0.05, 0) is 37.5 Å². The summed E-state index contributed by atoms with van der Waals surface area (Å²) in [5.74, 6) is 0.716. The molecule has 1 aromatic carbocycles. The molecule has 0 spiro atoms. The van der Waals surface area contributed by atoms with Gasteiger partial charge in [0.15, 0.2) is 5.82 Å². The van der Waals surface area contributed by atoms with Crippen LogP contribution in [0, 0.1) is 12.7 Å². The summed E-state index contributed by atoms with van der Waals surface area (Å²) in [7, 11) is -1.99. The molecule has 24 heavy (non-hydrogen) atoms. The summed E-state index contributed by atoms with van der Waals surface area (Å²) in [5, 5.41) is 17.1. The van der Waals surface area contributed by atoms with E-state index in [1.807, 2.05) is 0 Å². The van der Waals surface area contributed by atoms with Gasteiger partial charge in [-0.2, -0.15) is 0 Å². The molecule has 0 atom stereocenters. The van der Waals surface area contributed by atoms with Crippen molar-refractivity contribution in [3.63, 3.8) is 0 Å². The van der Waals surface area contributed by atoms with E-state index >= 15 is 0 Å². The molecule has 1 saturated carbocycles. The Kier molecular flexibility index (Phi) is 4.41. The molecular weight excluding hydrogens is 335 g/mol. The summed E-state index contributed by atoms with van der Waals surface area (Å²) in [4.78, 5) is -0.0350. The van der Waals surface area contributed by atoms with Crippen LogP contribution in [0.3, 0.4) is 0 Å². The van der Waals surface area contributed by atoms with Crippen LogP contribution < -0.4 is 4.72 Å². The first-order chi connectivity index (χ1) is 11.3. The molecule has 9 heteroatoms. The largest absolute Gasteiger partial charge is 0.388 e. The molecule has 1 heterocycles. The molecule has 1 fully saturated rings. The fourth-order valence-electron chi connectivity index (χ4n) is 2.94. The van der Waals surface area contributed by atoms with Gasteiger partial charge in [-0.15, -0.1) is 10.2 Å². The van der Waals surface area contributed by atoms with Crippen molar-refractivity contribution in [3.8, 4) is 0 Å². The van der Waals surface area contributed by atoms with Crippen LogP contribution in [-0.2, 0) is 23.7 Å². The van der Waals surface area contributed by atoms with Gasteiger partial charge in [0.05, 0.1) is 4.90 Å². The zero-order valence-corrected chi connectivity index (χ0v) is 14.2. The predicted molar refractivity (Wildman–Crippen MR) is 84.1 cm³/mol. The molecule has 7 nitrogen and oxygen atoms in total. The molecule has 0 amide bonds. The van der Waals surface area contributed by atoms with Crippen molar-refractivity contribution in [1.82, 2.24) is 19.5 Å². The molecule has 130 valence electrons. The summed E-state index contributed by atoms with van der Waals surface area (Å²) in [6, 6.07) is 3.49. The highest BCUT2D eigenvalue weighted by Gasteiger charge is 2.36. The number of nitrogens with one attached hydrogen (secondary N) is 1. The Labute approximate surface area is 139 Å². The van der Waals surface area contributed by atoms with Gasteiger partial charge < -0.3 is 9.67 Å². The van der Waals surface area contributed by atoms with Gasteiger partial charge in [-0.25, -0.2) is 17.5 Å². The summed E-state index contributed by atoms with van der Waals surface area (Å²) >= 11 is 0. The topological polar surface area (TPSA) is 97.1 Å². The van der Waals surface area contributed by atoms with Crippen LogP contribution in [0.4, 0.5) is 4.39 Å². The summed E-state index contributed by atoms with van der Waals surface area (Å²) in [6.07, 6.45) is 1.18. The number of aliphatic hydroxyl groups excluding tert-OH is 1. The minimum atomic E-state index is -3.76. The Morgan fingerprint density at radius 1 is 1.38 bits per heavy atom. The lowest BCUT2D eigenvalue weighted by molar-refractivity contribution is 0.264. The number of benzene rings is 1. The number of rotatable bonds is 5. The average molecular weight is 354 g/mol. The van der Waals surface area contributed by atoms with Crippen molar-refractivity contribution in [1.29, 1.82) is 0 Å². The third kappa shape index (κ3) is 3.06. The van der Waals surface area contributed by atoms with Crippen molar-refractivity contribution >= 4 is 10.0 Å². The number of nitrogens with zero attached hydrogens (tertiary/aromatic N) is 3. The van der Waals surface area contributed by atoms with Crippen molar-refractivity contribution in [2.45, 2.75) is 43.2 Å². The molecule has 1 aliphatic rings. The van der Waals surface area contributed by atoms with E-state index in [0.29, 0.717) is 24.2 Å². The number of sulfonamides is 1. The molecule has 0 aliphatic heterocycles. The third-order valence-corrected chi connectivity index (χ3v) is 6.07. The minimum absolute atomic E-state index is 0.0350. The third-order valence-electron chi connectivity index (χ3n) is 4.40. The molecule has 2 aromatic rings. The first kappa shape index (κ1) is 17.0. The summed E-state index contributed by atoms with van der Waals surface area (Å²) < 4.78 is 42.5. The zero-order valence-electron chi connectivity index (χ0n) is 13.4. The Bertz CT molecular complexity index is 860. The van der Waals surface area contributed by atoms with E-state index in [1.165, 1.54) is 12.1 Å². The van der Waals surface area contributed by atoms with Crippen molar-refractivity contribution in [2.24, 2.45) is 7.05 Å². The Morgan fingerprint density at radius 3 is 2.71 bits per heavy atom. The van der Waals surface area contributed by atoms with Gasteiger partial charge in [-0.1, -0.05) is 6.07 Å². The van der Waals surface area contributed by atoms with E-state index in [9.17, 15) is 12.8 Å². The normalized spacial score (nSPS) is 20.8. The highest BCUT2D eigenvalue weighted by atomic mass is 32.2. The van der Waals surface area contributed by atoms with Crippen molar-refractivity contribution in [2.75, 3.05) is 0 Å². The second-order valence-electron chi connectivity index (χ2n) is 6.09. The molecule has 0 saturated heterocycles. The molecule has 1 aromatic heterocycles. The maximum Gasteiger partial charge on any atom is 0.241 e. The van der Waals surface area contributed by atoms with Crippen LogP contribution in [0.15, 0.2) is 23.1 Å². The summed E-state index contributed by atoms with van der Waals surface area (Å²) in [5.41, 5.74) is 0.501. The minimum Gasteiger partial charge on any atom is -0.388 e. The maximum atomic E-state index is 13.3. The van der Waals surface area contributed by atoms with Gasteiger partial charge in [-0.3, -0.25) is 0 Å². The van der Waals surface area contributed by atoms with E-state index in [-0.39, 0.29) is 23.5 Å². The monoisotopic (exact) mass is 354 g/mol. The van der Waals surface area contributed by atoms with Crippen LogP contribution in [0.25, 0.3) is 0 Å². The smallest absolute Gasteiger partial charge is 0.241 e. The molecular formula is C15H19FN4O3S. The second kappa shape index (κ2) is 6.23. The second-order valence-corrected chi connectivity index (χ2v) is 7.77. The Balaban J connectivity index is 1.68. The number of aliphatic hydroxyl groups is 1. The molecule has 0 radical (unpaired) electrons. The lowest BCUT2D eigenvalue weighted by atomic mass is 9.80. The lowest BCUT2D eigenvalue weighted by Gasteiger charge is -2.34. The summed E-state index contributed by atoms with van der Waals surface area (Å²) in [6.45, 7) is 1.44. The van der Waals surface area contributed by atoms with E-state index in [0.717, 1.165) is 11.9 Å². The number of aromatic nitrogens is 3. The Hall–Kier alpha value is -1.84. The van der Waals surface area contributed by atoms with E-state index in [1.54, 1.807) is 18.5 Å². The van der Waals surface area contributed by atoms with Crippen LogP contribution in [0.5, 0.6) is 0 Å². The van der Waals surface area contributed by atoms with Crippen LogP contribution >= 0.6 is 0 Å². The van der Waals surface area contributed by atoms with Crippen LogP contribution in [0.2, 0.25) is 0 Å². The quantitative estimate of drug-likeness (QED) is 0.834. The number of aryl methyl sites for hydroxylation is 1.